The zero-order valence-electron chi connectivity index (χ0n) is 17.2. The topological polar surface area (TPSA) is 83.5 Å². The quantitative estimate of drug-likeness (QED) is 0.344. The van der Waals surface area contributed by atoms with Crippen LogP contribution in [0.1, 0.15) is 35.6 Å². The number of hydrogen-bond acceptors (Lipinski definition) is 3. The summed E-state index contributed by atoms with van der Waals surface area (Å²) >= 11 is 9.32. The fourth-order valence-electron chi connectivity index (χ4n) is 3.31. The summed E-state index contributed by atoms with van der Waals surface area (Å²) in [6.45, 7) is 0. The molecule has 2 N–H and O–H groups in total. The molecular weight excluding hydrogens is 514 g/mol. The lowest BCUT2D eigenvalue weighted by Crippen LogP contribution is -2.30. The fraction of sp³-hybridized carbons (Fsp3) is 0.208. The van der Waals surface area contributed by atoms with Crippen molar-refractivity contribution in [3.63, 3.8) is 0 Å². The van der Waals surface area contributed by atoms with Crippen molar-refractivity contribution in [3.8, 4) is 0 Å². The van der Waals surface area contributed by atoms with Crippen molar-refractivity contribution in [3.05, 3.63) is 99.0 Å². The molecule has 0 radical (unpaired) electrons. The van der Waals surface area contributed by atoms with Gasteiger partial charge in [-0.25, -0.2) is 13.1 Å². The van der Waals surface area contributed by atoms with E-state index in [0.29, 0.717) is 24.3 Å². The van der Waals surface area contributed by atoms with Crippen LogP contribution < -0.4 is 4.72 Å². The monoisotopic (exact) mass is 535 g/mol. The molecule has 168 valence electrons. The maximum atomic E-state index is 13.0. The minimum absolute atomic E-state index is 0.120. The van der Waals surface area contributed by atoms with Gasteiger partial charge in [-0.2, -0.15) is 0 Å². The van der Waals surface area contributed by atoms with E-state index in [1.54, 1.807) is 12.1 Å². The lowest BCUT2D eigenvalue weighted by atomic mass is 9.98. The Morgan fingerprint density at radius 3 is 2.12 bits per heavy atom. The van der Waals surface area contributed by atoms with Crippen LogP contribution in [0, 0.1) is 0 Å². The average Bonchev–Trinajstić information content (AvgIpc) is 2.75. The third-order valence-electron chi connectivity index (χ3n) is 5.01. The van der Waals surface area contributed by atoms with Gasteiger partial charge in [0.1, 0.15) is 0 Å². The van der Waals surface area contributed by atoms with E-state index in [4.69, 9.17) is 16.7 Å². The second-order valence-corrected chi connectivity index (χ2v) is 10.5. The molecule has 0 fully saturated rings. The van der Waals surface area contributed by atoms with Crippen LogP contribution in [0.15, 0.2) is 82.2 Å². The van der Waals surface area contributed by atoms with Gasteiger partial charge in [0, 0.05) is 15.9 Å². The minimum Gasteiger partial charge on any atom is -0.481 e. The van der Waals surface area contributed by atoms with Crippen LogP contribution in [0.4, 0.5) is 0 Å². The molecule has 3 rings (SSSR count). The van der Waals surface area contributed by atoms with E-state index in [9.17, 15) is 13.2 Å². The van der Waals surface area contributed by atoms with Crippen molar-refractivity contribution in [2.75, 3.05) is 0 Å². The van der Waals surface area contributed by atoms with E-state index >= 15 is 0 Å². The third kappa shape index (κ3) is 7.17. The standard InChI is InChI=1S/C24H23BrClNO4S/c25-20-10-6-18(7-11-20)16-23(27-32(30,31)22-14-12-21(26)13-15-22)19-8-4-17(5-9-19)2-1-3-24(28)29/h4-15,23,27H,1-3,16H2,(H,28,29). The first-order valence-corrected chi connectivity index (χ1v) is 12.7. The van der Waals surface area contributed by atoms with Gasteiger partial charge in [-0.1, -0.05) is 63.9 Å². The fourth-order valence-corrected chi connectivity index (χ4v) is 4.93. The molecule has 1 atom stereocenters. The second-order valence-electron chi connectivity index (χ2n) is 7.45. The van der Waals surface area contributed by atoms with Crippen LogP contribution in [-0.2, 0) is 27.7 Å². The number of benzene rings is 3. The number of aliphatic carboxylic acids is 1. The number of hydrogen-bond donors (Lipinski definition) is 2. The first kappa shape index (κ1) is 24.5. The van der Waals surface area contributed by atoms with Gasteiger partial charge in [0.2, 0.25) is 10.0 Å². The Kier molecular flexibility index (Phi) is 8.48. The highest BCUT2D eigenvalue weighted by Crippen LogP contribution is 2.24. The minimum atomic E-state index is -3.77. The molecule has 0 bridgehead atoms. The number of nitrogens with one attached hydrogen (secondary N) is 1. The Balaban J connectivity index is 1.84. The molecule has 3 aromatic carbocycles. The number of aryl methyl sites for hydroxylation is 1. The molecule has 0 aromatic heterocycles. The van der Waals surface area contributed by atoms with E-state index in [1.807, 2.05) is 48.5 Å². The maximum Gasteiger partial charge on any atom is 0.303 e. The molecule has 0 spiro atoms. The normalized spacial score (nSPS) is 12.4. The molecule has 5 nitrogen and oxygen atoms in total. The molecular formula is C24H23BrClNO4S. The summed E-state index contributed by atoms with van der Waals surface area (Å²) in [6.07, 6.45) is 1.80. The Hall–Kier alpha value is -2.19. The summed E-state index contributed by atoms with van der Waals surface area (Å²) in [4.78, 5) is 10.9. The van der Waals surface area contributed by atoms with Gasteiger partial charge in [0.25, 0.3) is 0 Å². The van der Waals surface area contributed by atoms with Gasteiger partial charge in [0.15, 0.2) is 0 Å². The van der Waals surface area contributed by atoms with Gasteiger partial charge < -0.3 is 5.11 Å². The summed E-state index contributed by atoms with van der Waals surface area (Å²) in [5, 5.41) is 9.27. The molecule has 0 aliphatic rings. The summed E-state index contributed by atoms with van der Waals surface area (Å²) < 4.78 is 29.8. The molecule has 0 aliphatic carbocycles. The number of carbonyl (C=O) groups is 1. The first-order chi connectivity index (χ1) is 15.2. The number of sulfonamides is 1. The first-order valence-electron chi connectivity index (χ1n) is 10.1. The molecule has 1 unspecified atom stereocenters. The molecule has 0 saturated carbocycles. The summed E-state index contributed by atoms with van der Waals surface area (Å²) in [5.41, 5.74) is 2.83. The van der Waals surface area contributed by atoms with E-state index in [1.165, 1.54) is 12.1 Å². The van der Waals surface area contributed by atoms with Gasteiger partial charge in [0.05, 0.1) is 10.9 Å². The predicted octanol–water partition coefficient (Wildman–Crippen LogP) is 5.77. The molecule has 0 heterocycles. The van der Waals surface area contributed by atoms with E-state index < -0.39 is 22.0 Å². The Labute approximate surface area is 201 Å². The Bertz CT molecular complexity index is 1150. The molecule has 0 saturated heterocycles. The molecule has 0 aliphatic heterocycles. The van der Waals surface area contributed by atoms with Crippen LogP contribution >= 0.6 is 27.5 Å². The average molecular weight is 537 g/mol. The van der Waals surface area contributed by atoms with Crippen LogP contribution in [-0.4, -0.2) is 19.5 Å². The zero-order chi connectivity index (χ0) is 23.1. The highest BCUT2D eigenvalue weighted by atomic mass is 79.9. The Morgan fingerprint density at radius 1 is 0.938 bits per heavy atom. The van der Waals surface area contributed by atoms with Crippen LogP contribution in [0.2, 0.25) is 5.02 Å². The lowest BCUT2D eigenvalue weighted by Gasteiger charge is -2.20. The van der Waals surface area contributed by atoms with Gasteiger partial charge in [-0.05, 0) is 72.4 Å². The smallest absolute Gasteiger partial charge is 0.303 e. The van der Waals surface area contributed by atoms with Crippen molar-refractivity contribution in [2.24, 2.45) is 0 Å². The summed E-state index contributed by atoms with van der Waals surface area (Å²) in [5.74, 6) is -0.812. The van der Waals surface area contributed by atoms with Crippen molar-refractivity contribution in [1.29, 1.82) is 0 Å². The predicted molar refractivity (Wildman–Crippen MR) is 129 cm³/mol. The number of halogens is 2. The van der Waals surface area contributed by atoms with Gasteiger partial charge >= 0.3 is 5.97 Å². The third-order valence-corrected chi connectivity index (χ3v) is 7.28. The van der Waals surface area contributed by atoms with Gasteiger partial charge in [-0.15, -0.1) is 0 Å². The van der Waals surface area contributed by atoms with Crippen molar-refractivity contribution < 1.29 is 18.3 Å². The zero-order valence-corrected chi connectivity index (χ0v) is 20.3. The van der Waals surface area contributed by atoms with E-state index in [-0.39, 0.29) is 11.3 Å². The second kappa shape index (κ2) is 11.1. The van der Waals surface area contributed by atoms with E-state index in [2.05, 4.69) is 20.7 Å². The van der Waals surface area contributed by atoms with Crippen molar-refractivity contribution in [1.82, 2.24) is 4.72 Å². The highest BCUT2D eigenvalue weighted by molar-refractivity contribution is 9.10. The van der Waals surface area contributed by atoms with E-state index in [0.717, 1.165) is 21.2 Å². The largest absolute Gasteiger partial charge is 0.481 e. The molecule has 3 aromatic rings. The number of rotatable bonds is 10. The molecule has 0 amide bonds. The van der Waals surface area contributed by atoms with Crippen LogP contribution in [0.25, 0.3) is 0 Å². The summed E-state index contributed by atoms with van der Waals surface area (Å²) in [7, 11) is -3.77. The summed E-state index contributed by atoms with van der Waals surface area (Å²) in [6, 6.07) is 20.9. The molecule has 32 heavy (non-hydrogen) atoms. The van der Waals surface area contributed by atoms with Gasteiger partial charge in [-0.3, -0.25) is 4.79 Å². The lowest BCUT2D eigenvalue weighted by molar-refractivity contribution is -0.137. The molecule has 8 heteroatoms. The highest BCUT2D eigenvalue weighted by Gasteiger charge is 2.22. The number of carboxylic acid groups (broad SMARTS) is 1. The number of carboxylic acids is 1. The van der Waals surface area contributed by atoms with Crippen molar-refractivity contribution in [2.45, 2.75) is 36.6 Å². The SMILES string of the molecule is O=C(O)CCCc1ccc(C(Cc2ccc(Br)cc2)NS(=O)(=O)c2ccc(Cl)cc2)cc1. The van der Waals surface area contributed by atoms with Crippen molar-refractivity contribution >= 4 is 43.5 Å². The van der Waals surface area contributed by atoms with Crippen LogP contribution in [0.3, 0.4) is 0 Å². The maximum absolute atomic E-state index is 13.0. The Morgan fingerprint density at radius 2 is 1.53 bits per heavy atom. The van der Waals surface area contributed by atoms with Crippen LogP contribution in [0.5, 0.6) is 0 Å².